The fourth-order valence-corrected chi connectivity index (χ4v) is 6.62. The van der Waals surface area contributed by atoms with Crippen LogP contribution in [0.2, 0.25) is 0 Å². The largest absolute Gasteiger partial charge is 0.336 e. The molecule has 0 aliphatic heterocycles. The molecule has 0 atom stereocenters. The Morgan fingerprint density at radius 1 is 0.317 bits per heavy atom. The first-order valence-corrected chi connectivity index (χ1v) is 14.4. The Labute approximate surface area is 239 Å². The molecule has 0 aliphatic carbocycles. The fraction of sp³-hybridized carbons (Fsp3) is 0.0769. The highest BCUT2D eigenvalue weighted by Crippen LogP contribution is 2.31. The van der Waals surface area contributed by atoms with Crippen LogP contribution in [0.15, 0.2) is 146 Å². The molecule has 2 heteroatoms. The lowest BCUT2D eigenvalue weighted by atomic mass is 10.0. The molecule has 0 unspecified atom stereocenters. The number of benzene rings is 6. The summed E-state index contributed by atoms with van der Waals surface area (Å²) in [6.07, 6.45) is 0.919. The van der Waals surface area contributed by atoms with Gasteiger partial charge in [-0.2, -0.15) is 0 Å². The van der Waals surface area contributed by atoms with Crippen molar-refractivity contribution in [3.05, 3.63) is 168 Å². The Morgan fingerprint density at radius 2 is 0.634 bits per heavy atom. The zero-order valence-corrected chi connectivity index (χ0v) is 22.9. The molecule has 0 saturated carbocycles. The van der Waals surface area contributed by atoms with Gasteiger partial charge in [0.2, 0.25) is 0 Å². The summed E-state index contributed by atoms with van der Waals surface area (Å²) in [7, 11) is 0. The Morgan fingerprint density at radius 3 is 1.00 bits per heavy atom. The molecule has 0 N–H and O–H groups in total. The predicted molar refractivity (Wildman–Crippen MR) is 173 cm³/mol. The van der Waals surface area contributed by atoms with Crippen molar-refractivity contribution < 1.29 is 0 Å². The van der Waals surface area contributed by atoms with Crippen molar-refractivity contribution in [3.63, 3.8) is 0 Å². The van der Waals surface area contributed by atoms with Crippen molar-refractivity contribution in [2.24, 2.45) is 0 Å². The third kappa shape index (κ3) is 4.20. The number of aromatic nitrogens is 2. The summed E-state index contributed by atoms with van der Waals surface area (Å²) in [6, 6.07) is 53.2. The Bertz CT molecular complexity index is 1930. The molecule has 2 aromatic heterocycles. The highest BCUT2D eigenvalue weighted by Gasteiger charge is 2.12. The summed E-state index contributed by atoms with van der Waals surface area (Å²) < 4.78 is 4.91. The zero-order chi connectivity index (χ0) is 27.2. The third-order valence-electron chi connectivity index (χ3n) is 8.43. The molecule has 0 bridgehead atoms. The quantitative estimate of drug-likeness (QED) is 0.204. The number of nitrogens with zero attached hydrogens (tertiary/aromatic N) is 2. The van der Waals surface area contributed by atoms with Crippen LogP contribution in [-0.2, 0) is 19.5 Å². The summed E-state index contributed by atoms with van der Waals surface area (Å²) >= 11 is 0. The van der Waals surface area contributed by atoms with Crippen molar-refractivity contribution >= 4 is 43.6 Å². The van der Waals surface area contributed by atoms with Crippen molar-refractivity contribution in [2.45, 2.75) is 19.5 Å². The van der Waals surface area contributed by atoms with Crippen LogP contribution < -0.4 is 0 Å². The summed E-state index contributed by atoms with van der Waals surface area (Å²) in [5.74, 6) is 0. The van der Waals surface area contributed by atoms with Crippen LogP contribution in [0.1, 0.15) is 22.3 Å². The van der Waals surface area contributed by atoms with Crippen molar-refractivity contribution in [3.8, 4) is 0 Å². The molecule has 0 aliphatic rings. The summed E-state index contributed by atoms with van der Waals surface area (Å²) in [6.45, 7) is 1.71. The van der Waals surface area contributed by atoms with Gasteiger partial charge < -0.3 is 9.13 Å². The lowest BCUT2D eigenvalue weighted by Crippen LogP contribution is -2.01. The number of para-hydroxylation sites is 4. The van der Waals surface area contributed by atoms with Gasteiger partial charge in [-0.25, -0.2) is 0 Å². The highest BCUT2D eigenvalue weighted by molar-refractivity contribution is 6.08. The predicted octanol–water partition coefficient (Wildman–Crippen LogP) is 9.59. The Hall–Kier alpha value is -5.08. The topological polar surface area (TPSA) is 9.86 Å². The first-order chi connectivity index (χ1) is 20.3. The van der Waals surface area contributed by atoms with E-state index in [-0.39, 0.29) is 0 Å². The fourth-order valence-electron chi connectivity index (χ4n) is 6.62. The first-order valence-electron chi connectivity index (χ1n) is 14.4. The van der Waals surface area contributed by atoms with Gasteiger partial charge in [0, 0.05) is 56.7 Å². The second-order valence-electron chi connectivity index (χ2n) is 11.1. The van der Waals surface area contributed by atoms with E-state index in [1.54, 1.807) is 0 Å². The minimum absolute atomic E-state index is 0.857. The standard InChI is InChI=1S/C39H30N2/c1-5-19-36-32(15-1)33-16-2-6-20-37(33)40(36)26-30-13-9-11-28(24-30)23-29-12-10-14-31(25-29)27-41-38-21-7-3-17-34(38)35-18-4-8-22-39(35)41/h1-22,24-25H,23,26-27H2. The van der Waals surface area contributed by atoms with Gasteiger partial charge >= 0.3 is 0 Å². The molecule has 2 heterocycles. The summed E-state index contributed by atoms with van der Waals surface area (Å²) in [5.41, 5.74) is 10.5. The second-order valence-corrected chi connectivity index (χ2v) is 11.1. The number of rotatable bonds is 6. The van der Waals surface area contributed by atoms with Crippen LogP contribution in [-0.4, -0.2) is 9.13 Å². The minimum Gasteiger partial charge on any atom is -0.336 e. The molecular weight excluding hydrogens is 496 g/mol. The molecule has 196 valence electrons. The molecule has 0 radical (unpaired) electrons. The number of hydrogen-bond acceptors (Lipinski definition) is 0. The lowest BCUT2D eigenvalue weighted by molar-refractivity contribution is 0.863. The van der Waals surface area contributed by atoms with Crippen molar-refractivity contribution in [1.29, 1.82) is 0 Å². The monoisotopic (exact) mass is 526 g/mol. The van der Waals surface area contributed by atoms with Crippen LogP contribution >= 0.6 is 0 Å². The van der Waals surface area contributed by atoms with Crippen LogP contribution in [0, 0.1) is 0 Å². The van der Waals surface area contributed by atoms with Gasteiger partial charge in [0.1, 0.15) is 0 Å². The maximum Gasteiger partial charge on any atom is 0.0494 e. The van der Waals surface area contributed by atoms with Gasteiger partial charge in [0.25, 0.3) is 0 Å². The smallest absolute Gasteiger partial charge is 0.0494 e. The third-order valence-corrected chi connectivity index (χ3v) is 8.43. The number of fused-ring (bicyclic) bond motifs is 6. The average Bonchev–Trinajstić information content (AvgIpc) is 3.51. The van der Waals surface area contributed by atoms with Crippen molar-refractivity contribution in [2.75, 3.05) is 0 Å². The SMILES string of the molecule is c1cc(Cc2cccc(Cn3c4ccccc4c4ccccc43)c2)cc(Cn2c3ccccc3c3ccccc32)c1. The van der Waals surface area contributed by atoms with E-state index in [1.807, 2.05) is 0 Å². The van der Waals surface area contributed by atoms with Gasteiger partial charge in [-0.15, -0.1) is 0 Å². The van der Waals surface area contributed by atoms with E-state index in [2.05, 4.69) is 155 Å². The first kappa shape index (κ1) is 23.8. The van der Waals surface area contributed by atoms with Crippen molar-refractivity contribution in [1.82, 2.24) is 9.13 Å². The number of hydrogen-bond donors (Lipinski definition) is 0. The van der Waals surface area contributed by atoms with Crippen LogP contribution in [0.4, 0.5) is 0 Å². The molecule has 0 spiro atoms. The van der Waals surface area contributed by atoms with Gasteiger partial charge in [-0.05, 0) is 52.9 Å². The molecule has 0 fully saturated rings. The van der Waals surface area contributed by atoms with Gasteiger partial charge in [0.15, 0.2) is 0 Å². The molecule has 6 aromatic carbocycles. The highest BCUT2D eigenvalue weighted by atomic mass is 15.0. The Balaban J connectivity index is 1.09. The zero-order valence-electron chi connectivity index (χ0n) is 22.9. The molecule has 8 aromatic rings. The molecule has 41 heavy (non-hydrogen) atoms. The van der Waals surface area contributed by atoms with E-state index in [0.29, 0.717) is 0 Å². The summed E-state index contributed by atoms with van der Waals surface area (Å²) in [5, 5.41) is 5.28. The van der Waals surface area contributed by atoms with Gasteiger partial charge in [0.05, 0.1) is 0 Å². The Kier molecular flexibility index (Phi) is 5.70. The maximum absolute atomic E-state index is 2.45. The van der Waals surface area contributed by atoms with E-state index < -0.39 is 0 Å². The van der Waals surface area contributed by atoms with E-state index in [9.17, 15) is 0 Å². The van der Waals surface area contributed by atoms with E-state index in [1.165, 1.54) is 65.9 Å². The van der Waals surface area contributed by atoms with Crippen LogP contribution in [0.5, 0.6) is 0 Å². The lowest BCUT2D eigenvalue weighted by Gasteiger charge is -2.11. The molecule has 2 nitrogen and oxygen atoms in total. The van der Waals surface area contributed by atoms with E-state index >= 15 is 0 Å². The normalized spacial score (nSPS) is 11.7. The van der Waals surface area contributed by atoms with Crippen LogP contribution in [0.3, 0.4) is 0 Å². The molecule has 0 amide bonds. The molecule has 8 rings (SSSR count). The van der Waals surface area contributed by atoms with Gasteiger partial charge in [-0.3, -0.25) is 0 Å². The minimum atomic E-state index is 0.857. The van der Waals surface area contributed by atoms with Gasteiger partial charge in [-0.1, -0.05) is 121 Å². The van der Waals surface area contributed by atoms with Crippen LogP contribution in [0.25, 0.3) is 43.6 Å². The van der Waals surface area contributed by atoms with E-state index in [4.69, 9.17) is 0 Å². The molecular formula is C39H30N2. The van der Waals surface area contributed by atoms with E-state index in [0.717, 1.165) is 19.5 Å². The summed E-state index contributed by atoms with van der Waals surface area (Å²) in [4.78, 5) is 0. The maximum atomic E-state index is 2.45. The molecule has 0 saturated heterocycles. The second kappa shape index (κ2) is 9.83. The average molecular weight is 527 g/mol.